The van der Waals surface area contributed by atoms with E-state index in [1.807, 2.05) is 6.07 Å². The zero-order valence-corrected chi connectivity index (χ0v) is 13.7. The van der Waals surface area contributed by atoms with Gasteiger partial charge in [-0.3, -0.25) is 19.5 Å². The molecule has 1 aromatic heterocycles. The molecule has 0 unspecified atom stereocenters. The van der Waals surface area contributed by atoms with Crippen molar-refractivity contribution in [3.05, 3.63) is 81.9 Å². The van der Waals surface area contributed by atoms with Crippen LogP contribution in [0.5, 0.6) is 0 Å². The first-order valence-electron chi connectivity index (χ1n) is 7.75. The zero-order chi connectivity index (χ0) is 18.7. The first-order chi connectivity index (χ1) is 12.5. The second-order valence-corrected chi connectivity index (χ2v) is 5.49. The molecule has 0 aliphatic carbocycles. The second kappa shape index (κ2) is 7.06. The third-order valence-electron chi connectivity index (χ3n) is 3.84. The Bertz CT molecular complexity index is 1040. The van der Waals surface area contributed by atoms with Crippen molar-refractivity contribution >= 4 is 28.4 Å². The van der Waals surface area contributed by atoms with Crippen LogP contribution in [0.2, 0.25) is 0 Å². The topological polar surface area (TPSA) is 98.6 Å². The number of non-ortho nitro benzene ring substituents is 1. The van der Waals surface area contributed by atoms with Crippen LogP contribution in [0.3, 0.4) is 0 Å². The molecule has 1 amide bonds. The lowest BCUT2D eigenvalue weighted by Crippen LogP contribution is -2.35. The highest BCUT2D eigenvalue weighted by Gasteiger charge is 2.20. The van der Waals surface area contributed by atoms with Crippen molar-refractivity contribution in [2.45, 2.75) is 6.54 Å². The minimum atomic E-state index is -0.750. The standard InChI is InChI=1S/C18H15N3O5/c1-2-10-19(13-6-4-3-5-7-13)17(22)12-20-15-9-8-14(21(24)25)11-16(15)26-18(20)23/h2-9,11H,1,10,12H2. The molecule has 0 saturated carbocycles. The van der Waals surface area contributed by atoms with Gasteiger partial charge in [0.15, 0.2) is 5.58 Å². The molecular weight excluding hydrogens is 338 g/mol. The number of aromatic nitrogens is 1. The molecule has 132 valence electrons. The van der Waals surface area contributed by atoms with E-state index in [2.05, 4.69) is 6.58 Å². The molecule has 3 aromatic rings. The summed E-state index contributed by atoms with van der Waals surface area (Å²) < 4.78 is 6.20. The van der Waals surface area contributed by atoms with Gasteiger partial charge in [0.05, 0.1) is 16.5 Å². The number of nitrogens with zero attached hydrogens (tertiary/aromatic N) is 3. The number of nitro groups is 1. The summed E-state index contributed by atoms with van der Waals surface area (Å²) in [5.74, 6) is -1.08. The summed E-state index contributed by atoms with van der Waals surface area (Å²) >= 11 is 0. The molecule has 0 aliphatic rings. The molecule has 0 N–H and O–H groups in total. The molecule has 1 heterocycles. The number of fused-ring (bicyclic) bond motifs is 1. The lowest BCUT2D eigenvalue weighted by molar-refractivity contribution is -0.384. The van der Waals surface area contributed by atoms with E-state index < -0.39 is 10.7 Å². The SMILES string of the molecule is C=CCN(C(=O)Cn1c(=O)oc2cc([N+](=O)[O-])ccc21)c1ccccc1. The number of hydrogen-bond donors (Lipinski definition) is 0. The number of nitro benzene ring substituents is 1. The van der Waals surface area contributed by atoms with Gasteiger partial charge in [0.1, 0.15) is 6.54 Å². The van der Waals surface area contributed by atoms with Crippen LogP contribution in [0.25, 0.3) is 11.1 Å². The molecule has 0 radical (unpaired) electrons. The molecule has 2 aromatic carbocycles. The first-order valence-corrected chi connectivity index (χ1v) is 7.75. The fraction of sp³-hybridized carbons (Fsp3) is 0.111. The largest absolute Gasteiger partial charge is 0.420 e. The number of carbonyl (C=O) groups is 1. The number of oxazole rings is 1. The Hall–Kier alpha value is -3.68. The van der Waals surface area contributed by atoms with Crippen molar-refractivity contribution in [2.24, 2.45) is 0 Å². The third kappa shape index (κ3) is 3.25. The van der Waals surface area contributed by atoms with Gasteiger partial charge in [0.25, 0.3) is 5.69 Å². The van der Waals surface area contributed by atoms with E-state index in [-0.39, 0.29) is 30.3 Å². The maximum Gasteiger partial charge on any atom is 0.420 e. The number of amides is 1. The highest BCUT2D eigenvalue weighted by atomic mass is 16.6. The number of para-hydroxylation sites is 1. The highest BCUT2D eigenvalue weighted by molar-refractivity contribution is 5.94. The van der Waals surface area contributed by atoms with Crippen molar-refractivity contribution in [2.75, 3.05) is 11.4 Å². The van der Waals surface area contributed by atoms with Gasteiger partial charge < -0.3 is 9.32 Å². The summed E-state index contributed by atoms with van der Waals surface area (Å²) in [6.45, 7) is 3.67. The normalized spacial score (nSPS) is 10.6. The lowest BCUT2D eigenvalue weighted by Gasteiger charge is -2.21. The quantitative estimate of drug-likeness (QED) is 0.385. The third-order valence-corrected chi connectivity index (χ3v) is 3.84. The number of anilines is 1. The minimum absolute atomic E-state index is 0.0620. The van der Waals surface area contributed by atoms with Crippen molar-refractivity contribution in [3.63, 3.8) is 0 Å². The average molecular weight is 353 g/mol. The van der Waals surface area contributed by atoms with Gasteiger partial charge in [0.2, 0.25) is 5.91 Å². The fourth-order valence-electron chi connectivity index (χ4n) is 2.63. The van der Waals surface area contributed by atoms with Crippen molar-refractivity contribution < 1.29 is 14.1 Å². The van der Waals surface area contributed by atoms with E-state index in [9.17, 15) is 19.7 Å². The van der Waals surface area contributed by atoms with Crippen LogP contribution >= 0.6 is 0 Å². The van der Waals surface area contributed by atoms with Crippen LogP contribution in [-0.4, -0.2) is 21.9 Å². The first kappa shape index (κ1) is 17.2. The van der Waals surface area contributed by atoms with Crippen LogP contribution < -0.4 is 10.7 Å². The summed E-state index contributed by atoms with van der Waals surface area (Å²) in [7, 11) is 0. The molecular formula is C18H15N3O5. The number of rotatable bonds is 6. The lowest BCUT2D eigenvalue weighted by atomic mass is 10.2. The predicted octanol–water partition coefficient (Wildman–Crippen LogP) is 2.72. The van der Waals surface area contributed by atoms with Gasteiger partial charge in [0, 0.05) is 18.3 Å². The van der Waals surface area contributed by atoms with Crippen molar-refractivity contribution in [3.8, 4) is 0 Å². The van der Waals surface area contributed by atoms with Crippen LogP contribution in [0.15, 0.2) is 70.4 Å². The molecule has 0 aliphatic heterocycles. The Balaban J connectivity index is 1.95. The Morgan fingerprint density at radius 2 is 2.00 bits per heavy atom. The average Bonchev–Trinajstić information content (AvgIpc) is 2.95. The summed E-state index contributed by atoms with van der Waals surface area (Å²) in [5.41, 5.74) is 0.865. The van der Waals surface area contributed by atoms with Gasteiger partial charge in [-0.2, -0.15) is 0 Å². The zero-order valence-electron chi connectivity index (χ0n) is 13.7. The molecule has 3 rings (SSSR count). The second-order valence-electron chi connectivity index (χ2n) is 5.49. The number of carbonyl (C=O) groups excluding carboxylic acids is 1. The molecule has 0 fully saturated rings. The van der Waals surface area contributed by atoms with E-state index in [4.69, 9.17) is 4.42 Å². The molecule has 8 nitrogen and oxygen atoms in total. The predicted molar refractivity (Wildman–Crippen MR) is 96.1 cm³/mol. The Morgan fingerprint density at radius 3 is 2.65 bits per heavy atom. The van der Waals surface area contributed by atoms with E-state index >= 15 is 0 Å². The Kier molecular flexibility index (Phi) is 4.66. The van der Waals surface area contributed by atoms with Crippen LogP contribution in [0.4, 0.5) is 11.4 Å². The number of benzene rings is 2. The molecule has 0 bridgehead atoms. The summed E-state index contributed by atoms with van der Waals surface area (Å²) in [4.78, 5) is 36.6. The van der Waals surface area contributed by atoms with Crippen molar-refractivity contribution in [1.29, 1.82) is 0 Å². The highest BCUT2D eigenvalue weighted by Crippen LogP contribution is 2.21. The van der Waals surface area contributed by atoms with Gasteiger partial charge in [-0.05, 0) is 18.2 Å². The molecule has 0 saturated heterocycles. The summed E-state index contributed by atoms with van der Waals surface area (Å²) in [5, 5.41) is 10.8. The van der Waals surface area contributed by atoms with E-state index in [0.717, 1.165) is 10.6 Å². The maximum atomic E-state index is 12.7. The maximum absolute atomic E-state index is 12.7. The van der Waals surface area contributed by atoms with Crippen LogP contribution in [0.1, 0.15) is 0 Å². The van der Waals surface area contributed by atoms with Crippen LogP contribution in [-0.2, 0) is 11.3 Å². The summed E-state index contributed by atoms with van der Waals surface area (Å²) in [6.07, 6.45) is 1.59. The Morgan fingerprint density at radius 1 is 1.27 bits per heavy atom. The van der Waals surface area contributed by atoms with E-state index in [0.29, 0.717) is 11.2 Å². The van der Waals surface area contributed by atoms with Gasteiger partial charge in [-0.25, -0.2) is 4.79 Å². The minimum Gasteiger partial charge on any atom is -0.407 e. The molecule has 26 heavy (non-hydrogen) atoms. The van der Waals surface area contributed by atoms with Crippen LogP contribution in [0, 0.1) is 10.1 Å². The van der Waals surface area contributed by atoms with Gasteiger partial charge >= 0.3 is 5.76 Å². The van der Waals surface area contributed by atoms with E-state index in [1.54, 1.807) is 30.3 Å². The smallest absolute Gasteiger partial charge is 0.407 e. The monoisotopic (exact) mass is 353 g/mol. The number of hydrogen-bond acceptors (Lipinski definition) is 5. The molecule has 8 heteroatoms. The van der Waals surface area contributed by atoms with Crippen molar-refractivity contribution in [1.82, 2.24) is 4.57 Å². The molecule has 0 spiro atoms. The fourth-order valence-corrected chi connectivity index (χ4v) is 2.63. The van der Waals surface area contributed by atoms with Gasteiger partial charge in [-0.1, -0.05) is 24.3 Å². The van der Waals surface area contributed by atoms with E-state index in [1.165, 1.54) is 17.0 Å². The van der Waals surface area contributed by atoms with Gasteiger partial charge in [-0.15, -0.1) is 6.58 Å². The molecule has 0 atom stereocenters. The summed E-state index contributed by atoms with van der Waals surface area (Å²) in [6, 6.07) is 12.8. The Labute approximate surface area is 147 Å².